The van der Waals surface area contributed by atoms with Crippen LogP contribution in [0.1, 0.15) is 18.9 Å². The summed E-state index contributed by atoms with van der Waals surface area (Å²) >= 11 is 0.204. The molecule has 0 spiro atoms. The van der Waals surface area contributed by atoms with E-state index in [4.69, 9.17) is 4.74 Å². The molecule has 1 fully saturated rings. The van der Waals surface area contributed by atoms with Crippen LogP contribution in [0, 0.1) is 6.92 Å². The predicted molar refractivity (Wildman–Crippen MR) is 103 cm³/mol. The Kier molecular flexibility index (Phi) is 5.09. The van der Waals surface area contributed by atoms with Crippen LogP contribution < -0.4 is 9.36 Å². The number of rotatable bonds is 4. The van der Waals surface area contributed by atoms with Crippen molar-refractivity contribution in [3.05, 3.63) is 48.3 Å². The molecule has 1 aliphatic rings. The second-order valence-electron chi connectivity index (χ2n) is 6.64. The first kappa shape index (κ1) is 17.9. The summed E-state index contributed by atoms with van der Waals surface area (Å²) in [5, 5.41) is 12.7. The van der Waals surface area contributed by atoms with Gasteiger partial charge < -0.3 is 0 Å². The van der Waals surface area contributed by atoms with Gasteiger partial charge in [-0.15, -0.1) is 0 Å². The monoisotopic (exact) mass is 431 g/mol. The average Bonchev–Trinajstić information content (AvgIpc) is 3.13. The average molecular weight is 430 g/mol. The van der Waals surface area contributed by atoms with Crippen molar-refractivity contribution in [3.8, 4) is 0 Å². The van der Waals surface area contributed by atoms with Gasteiger partial charge in [-0.25, -0.2) is 0 Å². The van der Waals surface area contributed by atoms with Gasteiger partial charge in [-0.1, -0.05) is 0 Å². The number of fused-ring (bicyclic) bond motifs is 1. The summed E-state index contributed by atoms with van der Waals surface area (Å²) in [5.41, 5.74) is 1.82. The topological polar surface area (TPSA) is 72.6 Å². The summed E-state index contributed by atoms with van der Waals surface area (Å²) in [7, 11) is 0. The molecule has 0 N–H and O–H groups in total. The van der Waals surface area contributed by atoms with Gasteiger partial charge in [-0.05, 0) is 0 Å². The molecule has 1 aromatic carbocycles. The number of esters is 1. The van der Waals surface area contributed by atoms with Crippen LogP contribution in [0.5, 0.6) is 0 Å². The first-order valence-electron chi connectivity index (χ1n) is 8.91. The van der Waals surface area contributed by atoms with E-state index in [0.717, 1.165) is 36.5 Å². The number of aromatic nitrogens is 4. The Bertz CT molecular complexity index is 946. The van der Waals surface area contributed by atoms with Crippen LogP contribution in [0.15, 0.2) is 42.7 Å². The number of ether oxygens (including phenoxy) is 1. The van der Waals surface area contributed by atoms with Crippen molar-refractivity contribution < 1.29 is 9.53 Å². The van der Waals surface area contributed by atoms with Gasteiger partial charge in [0, 0.05) is 0 Å². The third-order valence-corrected chi connectivity index (χ3v) is 7.34. The maximum atomic E-state index is 11.6. The normalized spacial score (nSPS) is 20.0. The van der Waals surface area contributed by atoms with E-state index in [0.29, 0.717) is 0 Å². The molecule has 140 valence electrons. The number of nitrogens with zero attached hydrogens (tertiary/aromatic N) is 5. The van der Waals surface area contributed by atoms with Crippen molar-refractivity contribution in [2.45, 2.75) is 31.2 Å². The third kappa shape index (κ3) is 3.96. The summed E-state index contributed by atoms with van der Waals surface area (Å²) in [4.78, 5) is 14.1. The van der Waals surface area contributed by atoms with Crippen LogP contribution in [-0.2, 0) is 9.53 Å². The maximum absolute atomic E-state index is 11.6. The molecule has 8 heteroatoms. The predicted octanol–water partition coefficient (Wildman–Crippen LogP) is 1.39. The SMILES string of the molecule is CC(=O)OC1CCN(c2cc(C)c3nncn3n2)CC1[Se]c1ccccc1. The summed E-state index contributed by atoms with van der Waals surface area (Å²) in [6.45, 7) is 5.13. The van der Waals surface area contributed by atoms with Crippen molar-refractivity contribution in [1.82, 2.24) is 19.8 Å². The molecular weight excluding hydrogens is 409 g/mol. The van der Waals surface area contributed by atoms with Crippen LogP contribution in [0.3, 0.4) is 0 Å². The number of hydrogen-bond donors (Lipinski definition) is 0. The summed E-state index contributed by atoms with van der Waals surface area (Å²) in [6.07, 6.45) is 2.39. The molecule has 0 amide bonds. The number of carbonyl (C=O) groups is 1. The van der Waals surface area contributed by atoms with Crippen molar-refractivity contribution in [1.29, 1.82) is 0 Å². The summed E-state index contributed by atoms with van der Waals surface area (Å²) in [5.74, 6) is 0.706. The Labute approximate surface area is 163 Å². The van der Waals surface area contributed by atoms with Crippen molar-refractivity contribution in [2.24, 2.45) is 0 Å². The number of hydrogen-bond acceptors (Lipinski definition) is 6. The number of anilines is 1. The molecule has 7 nitrogen and oxygen atoms in total. The summed E-state index contributed by atoms with van der Waals surface area (Å²) < 4.78 is 8.68. The zero-order valence-electron chi connectivity index (χ0n) is 15.3. The van der Waals surface area contributed by atoms with Crippen LogP contribution in [0.4, 0.5) is 5.82 Å². The molecule has 0 bridgehead atoms. The van der Waals surface area contributed by atoms with E-state index in [1.807, 2.05) is 13.0 Å². The third-order valence-electron chi connectivity index (χ3n) is 4.61. The van der Waals surface area contributed by atoms with Gasteiger partial charge in [0.2, 0.25) is 0 Å². The number of carbonyl (C=O) groups excluding carboxylic acids is 1. The molecule has 4 rings (SSSR count). The molecule has 27 heavy (non-hydrogen) atoms. The Morgan fingerprint density at radius 3 is 2.89 bits per heavy atom. The van der Waals surface area contributed by atoms with Crippen molar-refractivity contribution in [2.75, 3.05) is 18.0 Å². The van der Waals surface area contributed by atoms with E-state index in [-0.39, 0.29) is 31.8 Å². The van der Waals surface area contributed by atoms with E-state index < -0.39 is 0 Å². The number of piperidine rings is 1. The Hall–Kier alpha value is -2.44. The Morgan fingerprint density at radius 2 is 2.11 bits per heavy atom. The fraction of sp³-hybridized carbons (Fsp3) is 0.368. The first-order valence-corrected chi connectivity index (χ1v) is 10.8. The molecule has 0 saturated carbocycles. The fourth-order valence-electron chi connectivity index (χ4n) is 3.35. The van der Waals surface area contributed by atoms with Gasteiger partial charge in [-0.3, -0.25) is 0 Å². The van der Waals surface area contributed by atoms with Gasteiger partial charge in [0.05, 0.1) is 0 Å². The second kappa shape index (κ2) is 7.66. The van der Waals surface area contributed by atoms with E-state index in [2.05, 4.69) is 50.5 Å². The standard InChI is InChI=1S/C19H21N5O2Se/c1-13-10-18(22-24-12-20-21-19(13)24)23-9-8-16(26-14(2)25)17(11-23)27-15-6-4-3-5-7-15/h3-7,10,12,16-17H,8-9,11H2,1-2H3. The molecule has 1 aliphatic heterocycles. The van der Waals surface area contributed by atoms with E-state index >= 15 is 0 Å². The Balaban J connectivity index is 1.58. The summed E-state index contributed by atoms with van der Waals surface area (Å²) in [6, 6.07) is 12.5. The number of aryl methyl sites for hydroxylation is 1. The van der Waals surface area contributed by atoms with E-state index in [1.54, 1.807) is 10.8 Å². The van der Waals surface area contributed by atoms with E-state index in [1.165, 1.54) is 11.4 Å². The molecule has 2 atom stereocenters. The van der Waals surface area contributed by atoms with Gasteiger partial charge in [0.15, 0.2) is 0 Å². The Morgan fingerprint density at radius 1 is 1.30 bits per heavy atom. The molecule has 3 aromatic rings. The molecule has 2 unspecified atom stereocenters. The second-order valence-corrected chi connectivity index (χ2v) is 9.39. The fourth-order valence-corrected chi connectivity index (χ4v) is 6.00. The van der Waals surface area contributed by atoms with Crippen LogP contribution in [-0.4, -0.2) is 59.9 Å². The molecule has 0 radical (unpaired) electrons. The molecule has 1 saturated heterocycles. The zero-order valence-corrected chi connectivity index (χ0v) is 17.0. The molecule has 2 aromatic heterocycles. The minimum absolute atomic E-state index is 0.0429. The van der Waals surface area contributed by atoms with Crippen LogP contribution >= 0.6 is 0 Å². The molecule has 3 heterocycles. The van der Waals surface area contributed by atoms with Gasteiger partial charge in [0.1, 0.15) is 0 Å². The van der Waals surface area contributed by atoms with Crippen molar-refractivity contribution in [3.63, 3.8) is 0 Å². The zero-order chi connectivity index (χ0) is 18.8. The van der Waals surface area contributed by atoms with Crippen LogP contribution in [0.2, 0.25) is 4.82 Å². The molecular formula is C19H21N5O2Se. The quantitative estimate of drug-likeness (QED) is 0.460. The van der Waals surface area contributed by atoms with Crippen molar-refractivity contribution >= 4 is 36.9 Å². The van der Waals surface area contributed by atoms with E-state index in [9.17, 15) is 4.79 Å². The first-order chi connectivity index (χ1) is 13.1. The molecule has 0 aliphatic carbocycles. The van der Waals surface area contributed by atoms with Crippen LogP contribution in [0.25, 0.3) is 5.65 Å². The minimum atomic E-state index is -0.206. The van der Waals surface area contributed by atoms with Gasteiger partial charge >= 0.3 is 164 Å². The van der Waals surface area contributed by atoms with Gasteiger partial charge in [0.25, 0.3) is 0 Å². The number of benzene rings is 1. The van der Waals surface area contributed by atoms with Gasteiger partial charge in [-0.2, -0.15) is 0 Å².